The molecule has 0 amide bonds. The molecule has 1 aliphatic carbocycles. The number of anilines is 1. The van der Waals surface area contributed by atoms with Crippen LogP contribution in [0.1, 0.15) is 39.0 Å². The molecule has 1 aromatic rings. The third kappa shape index (κ3) is 2.65. The summed E-state index contributed by atoms with van der Waals surface area (Å²) in [4.78, 5) is 0. The van der Waals surface area contributed by atoms with E-state index in [2.05, 4.69) is 6.92 Å². The van der Waals surface area contributed by atoms with Crippen LogP contribution in [0.15, 0.2) is 12.1 Å². The fraction of sp³-hybridized carbons (Fsp3) is 0.625. The summed E-state index contributed by atoms with van der Waals surface area (Å²) in [7, 11) is 0. The molecule has 0 saturated heterocycles. The molecule has 4 nitrogen and oxygen atoms in total. The third-order valence-corrected chi connectivity index (χ3v) is 4.32. The molecule has 1 aromatic carbocycles. The van der Waals surface area contributed by atoms with Gasteiger partial charge in [-0.1, -0.05) is 13.3 Å². The van der Waals surface area contributed by atoms with Gasteiger partial charge in [-0.3, -0.25) is 0 Å². The molecule has 20 heavy (non-hydrogen) atoms. The van der Waals surface area contributed by atoms with Gasteiger partial charge in [-0.05, 0) is 31.6 Å². The van der Waals surface area contributed by atoms with Crippen molar-refractivity contribution >= 4 is 5.69 Å². The van der Waals surface area contributed by atoms with Gasteiger partial charge < -0.3 is 19.9 Å². The first kappa shape index (κ1) is 13.4. The Labute approximate surface area is 120 Å². The van der Waals surface area contributed by atoms with Gasteiger partial charge in [0.15, 0.2) is 11.5 Å². The number of hydrogen-bond acceptors (Lipinski definition) is 4. The summed E-state index contributed by atoms with van der Waals surface area (Å²) in [5.41, 5.74) is 6.72. The predicted octanol–water partition coefficient (Wildman–Crippen LogP) is 3.39. The molecule has 0 spiro atoms. The van der Waals surface area contributed by atoms with Crippen molar-refractivity contribution in [2.24, 2.45) is 5.92 Å². The van der Waals surface area contributed by atoms with Gasteiger partial charge in [0.2, 0.25) is 0 Å². The van der Waals surface area contributed by atoms with Crippen LogP contribution in [0, 0.1) is 5.92 Å². The zero-order valence-corrected chi connectivity index (χ0v) is 12.1. The number of ether oxygens (including phenoxy) is 3. The second-order valence-electron chi connectivity index (χ2n) is 5.64. The van der Waals surface area contributed by atoms with E-state index in [4.69, 9.17) is 19.9 Å². The molecule has 2 atom stereocenters. The maximum atomic E-state index is 6.20. The molecule has 110 valence electrons. The minimum atomic E-state index is 0.276. The van der Waals surface area contributed by atoms with Crippen molar-refractivity contribution in [3.05, 3.63) is 12.1 Å². The SMILES string of the molecule is CCC1CCCCC1Oc1cc2c(cc1N)OCCO2. The van der Waals surface area contributed by atoms with Gasteiger partial charge in [0.25, 0.3) is 0 Å². The van der Waals surface area contributed by atoms with E-state index < -0.39 is 0 Å². The quantitative estimate of drug-likeness (QED) is 0.860. The van der Waals surface area contributed by atoms with E-state index in [1.54, 1.807) is 0 Å². The lowest BCUT2D eigenvalue weighted by molar-refractivity contribution is 0.0901. The van der Waals surface area contributed by atoms with Gasteiger partial charge in [-0.2, -0.15) is 0 Å². The summed E-state index contributed by atoms with van der Waals surface area (Å²) in [6.45, 7) is 3.39. The van der Waals surface area contributed by atoms with Crippen molar-refractivity contribution in [3.63, 3.8) is 0 Å². The zero-order chi connectivity index (χ0) is 13.9. The van der Waals surface area contributed by atoms with Crippen molar-refractivity contribution in [1.82, 2.24) is 0 Å². The Morgan fingerprint density at radius 2 is 1.85 bits per heavy atom. The highest BCUT2D eigenvalue weighted by molar-refractivity contribution is 5.62. The number of rotatable bonds is 3. The highest BCUT2D eigenvalue weighted by atomic mass is 16.6. The number of nitrogens with two attached hydrogens (primary N) is 1. The molecule has 1 saturated carbocycles. The molecule has 1 fully saturated rings. The standard InChI is InChI=1S/C16H23NO3/c1-2-11-5-3-4-6-13(11)20-14-10-16-15(9-12(14)17)18-7-8-19-16/h9-11,13H,2-8,17H2,1H3. The van der Waals surface area contributed by atoms with Gasteiger partial charge in [-0.25, -0.2) is 0 Å². The van der Waals surface area contributed by atoms with Gasteiger partial charge in [0.1, 0.15) is 25.1 Å². The minimum Gasteiger partial charge on any atom is -0.488 e. The molecule has 2 N–H and O–H groups in total. The maximum Gasteiger partial charge on any atom is 0.165 e. The van der Waals surface area contributed by atoms with Gasteiger partial charge in [-0.15, -0.1) is 0 Å². The fourth-order valence-electron chi connectivity index (χ4n) is 3.15. The topological polar surface area (TPSA) is 53.7 Å². The van der Waals surface area contributed by atoms with Crippen LogP contribution in [-0.2, 0) is 0 Å². The van der Waals surface area contributed by atoms with E-state index in [-0.39, 0.29) is 6.10 Å². The van der Waals surface area contributed by atoms with E-state index in [9.17, 15) is 0 Å². The van der Waals surface area contributed by atoms with Crippen LogP contribution in [-0.4, -0.2) is 19.3 Å². The van der Waals surface area contributed by atoms with E-state index in [0.717, 1.165) is 30.1 Å². The Kier molecular flexibility index (Phi) is 3.90. The molecule has 0 bridgehead atoms. The molecule has 3 rings (SSSR count). The summed E-state index contributed by atoms with van der Waals surface area (Å²) < 4.78 is 17.3. The first-order valence-electron chi connectivity index (χ1n) is 7.63. The highest BCUT2D eigenvalue weighted by Crippen LogP contribution is 2.40. The van der Waals surface area contributed by atoms with Crippen LogP contribution in [0.2, 0.25) is 0 Å². The van der Waals surface area contributed by atoms with Crippen LogP contribution >= 0.6 is 0 Å². The molecule has 1 aliphatic heterocycles. The lowest BCUT2D eigenvalue weighted by Gasteiger charge is -2.32. The number of hydrogen-bond donors (Lipinski definition) is 1. The van der Waals surface area contributed by atoms with Crippen molar-refractivity contribution in [1.29, 1.82) is 0 Å². The average Bonchev–Trinajstić information content (AvgIpc) is 2.48. The molecule has 0 radical (unpaired) electrons. The van der Waals surface area contributed by atoms with Crippen LogP contribution < -0.4 is 19.9 Å². The molecule has 4 heteroatoms. The Morgan fingerprint density at radius 1 is 1.15 bits per heavy atom. The summed E-state index contributed by atoms with van der Waals surface area (Å²) in [6.07, 6.45) is 6.37. The second kappa shape index (κ2) is 5.81. The van der Waals surface area contributed by atoms with Gasteiger partial charge >= 0.3 is 0 Å². The second-order valence-corrected chi connectivity index (χ2v) is 5.64. The smallest absolute Gasteiger partial charge is 0.165 e. The van der Waals surface area contributed by atoms with E-state index in [1.807, 2.05) is 12.1 Å². The zero-order valence-electron chi connectivity index (χ0n) is 12.1. The molecule has 1 heterocycles. The first-order valence-corrected chi connectivity index (χ1v) is 7.63. The number of benzene rings is 1. The van der Waals surface area contributed by atoms with Crippen molar-refractivity contribution in [3.8, 4) is 17.2 Å². The van der Waals surface area contributed by atoms with E-state index in [1.165, 1.54) is 19.3 Å². The monoisotopic (exact) mass is 277 g/mol. The average molecular weight is 277 g/mol. The largest absolute Gasteiger partial charge is 0.488 e. The molecular weight excluding hydrogens is 254 g/mol. The Balaban J connectivity index is 1.79. The summed E-state index contributed by atoms with van der Waals surface area (Å²) >= 11 is 0. The first-order chi connectivity index (χ1) is 9.78. The number of nitrogen functional groups attached to an aromatic ring is 1. The normalized spacial score (nSPS) is 25.2. The Bertz CT molecular complexity index is 475. The number of fused-ring (bicyclic) bond motifs is 1. The van der Waals surface area contributed by atoms with Crippen LogP contribution in [0.3, 0.4) is 0 Å². The Morgan fingerprint density at radius 3 is 2.60 bits per heavy atom. The fourth-order valence-corrected chi connectivity index (χ4v) is 3.15. The predicted molar refractivity (Wildman–Crippen MR) is 78.5 cm³/mol. The minimum absolute atomic E-state index is 0.276. The van der Waals surface area contributed by atoms with E-state index >= 15 is 0 Å². The summed E-state index contributed by atoms with van der Waals surface area (Å²) in [5.74, 6) is 2.83. The Hall–Kier alpha value is -1.58. The van der Waals surface area contributed by atoms with Crippen LogP contribution in [0.4, 0.5) is 5.69 Å². The molecular formula is C16H23NO3. The summed E-state index contributed by atoms with van der Waals surface area (Å²) in [5, 5.41) is 0. The molecule has 2 aliphatic rings. The van der Waals surface area contributed by atoms with Crippen molar-refractivity contribution in [2.45, 2.75) is 45.1 Å². The molecule has 2 unspecified atom stereocenters. The lowest BCUT2D eigenvalue weighted by atomic mass is 9.85. The third-order valence-electron chi connectivity index (χ3n) is 4.32. The highest BCUT2D eigenvalue weighted by Gasteiger charge is 2.26. The van der Waals surface area contributed by atoms with Gasteiger partial charge in [0.05, 0.1) is 5.69 Å². The van der Waals surface area contributed by atoms with Crippen LogP contribution in [0.25, 0.3) is 0 Å². The van der Waals surface area contributed by atoms with Crippen molar-refractivity contribution < 1.29 is 14.2 Å². The summed E-state index contributed by atoms with van der Waals surface area (Å²) in [6, 6.07) is 3.69. The lowest BCUT2D eigenvalue weighted by Crippen LogP contribution is -2.30. The van der Waals surface area contributed by atoms with E-state index in [0.29, 0.717) is 24.8 Å². The van der Waals surface area contributed by atoms with Crippen LogP contribution in [0.5, 0.6) is 17.2 Å². The van der Waals surface area contributed by atoms with Crippen molar-refractivity contribution in [2.75, 3.05) is 18.9 Å². The maximum absolute atomic E-state index is 6.20. The van der Waals surface area contributed by atoms with Gasteiger partial charge in [0, 0.05) is 12.1 Å². The molecule has 0 aromatic heterocycles.